The van der Waals surface area contributed by atoms with Crippen molar-refractivity contribution in [3.63, 3.8) is 0 Å². The molecule has 0 saturated carbocycles. The van der Waals surface area contributed by atoms with Gasteiger partial charge in [-0.05, 0) is 63.6 Å². The Balaban J connectivity index is 0.00000280. The molecule has 0 radical (unpaired) electrons. The van der Waals surface area contributed by atoms with Gasteiger partial charge in [0.05, 0.1) is 22.5 Å². The number of pyridine rings is 1. The van der Waals surface area contributed by atoms with Gasteiger partial charge in [-0.25, -0.2) is 18.2 Å². The molecule has 14 heteroatoms. The number of nitrogens with zero attached hydrogens (tertiary/aromatic N) is 3. The number of sulfonamides is 1. The van der Waals surface area contributed by atoms with Crippen molar-refractivity contribution in [2.24, 2.45) is 0 Å². The van der Waals surface area contributed by atoms with Gasteiger partial charge in [-0.3, -0.25) is 14.4 Å². The molecule has 1 aliphatic heterocycles. The van der Waals surface area contributed by atoms with Gasteiger partial charge in [0.25, 0.3) is 10.0 Å². The molecular weight excluding hydrogens is 613 g/mol. The number of piperazine rings is 1. The number of halogens is 3. The Bertz CT molecular complexity index is 1490. The quantitative estimate of drug-likeness (QED) is 0.345. The SMILES string of the molecule is Cc1ccccc1S(=O)(=O)Nc1ccc2nc(N3CCN(CC(=O)NC(C)(C)C)CC3)cc(C(=O)O)c2c1.Cl.Cl.Cl. The number of rotatable bonds is 7. The highest BCUT2D eigenvalue weighted by atomic mass is 35.5. The van der Waals surface area contributed by atoms with Gasteiger partial charge in [-0.2, -0.15) is 0 Å². The van der Waals surface area contributed by atoms with Gasteiger partial charge in [0, 0.05) is 42.8 Å². The van der Waals surface area contributed by atoms with Crippen LogP contribution in [0.2, 0.25) is 0 Å². The minimum atomic E-state index is -3.85. The molecule has 0 atom stereocenters. The summed E-state index contributed by atoms with van der Waals surface area (Å²) in [5.41, 5.74) is 1.05. The number of carboxylic acids is 1. The Labute approximate surface area is 259 Å². The summed E-state index contributed by atoms with van der Waals surface area (Å²) < 4.78 is 28.4. The Morgan fingerprint density at radius 2 is 1.61 bits per heavy atom. The first kappa shape index (κ1) is 36.2. The summed E-state index contributed by atoms with van der Waals surface area (Å²) in [6.07, 6.45) is 0. The number of hydrogen-bond acceptors (Lipinski definition) is 7. The van der Waals surface area contributed by atoms with E-state index in [1.165, 1.54) is 18.2 Å². The number of benzene rings is 2. The molecule has 10 nitrogen and oxygen atoms in total. The van der Waals surface area contributed by atoms with Gasteiger partial charge in [0.2, 0.25) is 5.91 Å². The van der Waals surface area contributed by atoms with E-state index in [2.05, 4.69) is 19.9 Å². The van der Waals surface area contributed by atoms with E-state index in [9.17, 15) is 23.1 Å². The molecule has 3 aromatic rings. The van der Waals surface area contributed by atoms with Gasteiger partial charge in [0.15, 0.2) is 0 Å². The summed E-state index contributed by atoms with van der Waals surface area (Å²) >= 11 is 0. The van der Waals surface area contributed by atoms with Crippen molar-refractivity contribution >= 4 is 81.5 Å². The molecule has 1 fully saturated rings. The largest absolute Gasteiger partial charge is 0.478 e. The molecule has 1 saturated heterocycles. The number of anilines is 2. The third-order valence-corrected chi connectivity index (χ3v) is 7.78. The second-order valence-corrected chi connectivity index (χ2v) is 12.1. The number of nitrogens with one attached hydrogen (secondary N) is 2. The molecular formula is C27H36Cl3N5O5S. The van der Waals surface area contributed by atoms with Crippen LogP contribution < -0.4 is 14.9 Å². The molecule has 2 heterocycles. The lowest BCUT2D eigenvalue weighted by Crippen LogP contribution is -2.52. The zero-order chi connectivity index (χ0) is 27.7. The van der Waals surface area contributed by atoms with E-state index in [1.54, 1.807) is 37.3 Å². The highest BCUT2D eigenvalue weighted by Crippen LogP contribution is 2.28. The highest BCUT2D eigenvalue weighted by molar-refractivity contribution is 7.92. The Morgan fingerprint density at radius 3 is 2.20 bits per heavy atom. The van der Waals surface area contributed by atoms with E-state index < -0.39 is 16.0 Å². The number of aryl methyl sites for hydroxylation is 1. The van der Waals surface area contributed by atoms with E-state index >= 15 is 0 Å². The first-order chi connectivity index (χ1) is 17.8. The minimum Gasteiger partial charge on any atom is -0.478 e. The fourth-order valence-electron chi connectivity index (χ4n) is 4.48. The van der Waals surface area contributed by atoms with Crippen molar-refractivity contribution < 1.29 is 23.1 Å². The van der Waals surface area contributed by atoms with Crippen LogP contribution in [0, 0.1) is 6.92 Å². The number of carboxylic acid groups (broad SMARTS) is 1. The average molecular weight is 649 g/mol. The minimum absolute atomic E-state index is 0. The van der Waals surface area contributed by atoms with Crippen LogP contribution in [0.25, 0.3) is 10.9 Å². The van der Waals surface area contributed by atoms with Crippen molar-refractivity contribution in [1.29, 1.82) is 0 Å². The predicted octanol–water partition coefficient (Wildman–Crippen LogP) is 4.34. The zero-order valence-electron chi connectivity index (χ0n) is 23.2. The molecule has 1 aliphatic rings. The molecule has 1 aromatic heterocycles. The fraction of sp³-hybridized carbons (Fsp3) is 0.370. The first-order valence-corrected chi connectivity index (χ1v) is 13.9. The third-order valence-electron chi connectivity index (χ3n) is 6.24. The molecule has 2 aromatic carbocycles. The molecule has 0 unspecified atom stereocenters. The van der Waals surface area contributed by atoms with Crippen LogP contribution in [0.5, 0.6) is 0 Å². The summed E-state index contributed by atoms with van der Waals surface area (Å²) in [5, 5.41) is 13.2. The average Bonchev–Trinajstić information content (AvgIpc) is 2.82. The standard InChI is InChI=1S/C27H33N5O5S.3ClH/c1-18-7-5-6-8-23(18)38(36,37)30-19-9-10-22-20(15-19)21(26(34)35)16-24(28-22)32-13-11-31(12-14-32)17-25(33)29-27(2,3)4;;;/h5-10,15-16,30H,11-14,17H2,1-4H3,(H,29,33)(H,34,35);3*1H. The van der Waals surface area contributed by atoms with Crippen molar-refractivity contribution in [2.75, 3.05) is 42.3 Å². The third kappa shape index (κ3) is 9.08. The van der Waals surface area contributed by atoms with Crippen LogP contribution in [0.3, 0.4) is 0 Å². The van der Waals surface area contributed by atoms with E-state index in [-0.39, 0.29) is 64.8 Å². The zero-order valence-corrected chi connectivity index (χ0v) is 26.5. The molecule has 1 amide bonds. The van der Waals surface area contributed by atoms with Crippen molar-refractivity contribution in [1.82, 2.24) is 15.2 Å². The van der Waals surface area contributed by atoms with Gasteiger partial charge >= 0.3 is 5.97 Å². The van der Waals surface area contributed by atoms with Gasteiger partial charge in [-0.1, -0.05) is 18.2 Å². The maximum absolute atomic E-state index is 12.9. The summed E-state index contributed by atoms with van der Waals surface area (Å²) in [4.78, 5) is 33.3. The van der Waals surface area contributed by atoms with Crippen LogP contribution >= 0.6 is 37.2 Å². The lowest BCUT2D eigenvalue weighted by molar-refractivity contribution is -0.123. The molecule has 3 N–H and O–H groups in total. The topological polar surface area (TPSA) is 132 Å². The molecule has 4 rings (SSSR count). The van der Waals surface area contributed by atoms with Crippen molar-refractivity contribution in [3.8, 4) is 0 Å². The van der Waals surface area contributed by atoms with E-state index in [0.717, 1.165) is 0 Å². The first-order valence-electron chi connectivity index (χ1n) is 12.4. The lowest BCUT2D eigenvalue weighted by atomic mass is 10.1. The molecule has 0 aliphatic carbocycles. The number of aromatic nitrogens is 1. The van der Waals surface area contributed by atoms with Gasteiger partial charge in [-0.15, -0.1) is 37.2 Å². The van der Waals surface area contributed by atoms with E-state index in [0.29, 0.717) is 55.0 Å². The number of carbonyl (C=O) groups is 2. The lowest BCUT2D eigenvalue weighted by Gasteiger charge is -2.35. The number of hydrogen-bond donors (Lipinski definition) is 3. The van der Waals surface area contributed by atoms with Crippen LogP contribution in [-0.4, -0.2) is 73.5 Å². The monoisotopic (exact) mass is 647 g/mol. The van der Waals surface area contributed by atoms with E-state index in [4.69, 9.17) is 0 Å². The molecule has 41 heavy (non-hydrogen) atoms. The Morgan fingerprint density at radius 1 is 0.976 bits per heavy atom. The highest BCUT2D eigenvalue weighted by Gasteiger charge is 2.24. The van der Waals surface area contributed by atoms with Crippen LogP contribution in [0.1, 0.15) is 36.7 Å². The number of aromatic carboxylic acids is 1. The maximum atomic E-state index is 12.9. The number of fused-ring (bicyclic) bond motifs is 1. The molecule has 0 bridgehead atoms. The number of amides is 1. The number of carbonyl (C=O) groups excluding carboxylic acids is 1. The van der Waals surface area contributed by atoms with Gasteiger partial charge in [0.1, 0.15) is 5.82 Å². The molecule has 0 spiro atoms. The maximum Gasteiger partial charge on any atom is 0.336 e. The normalized spacial score (nSPS) is 13.8. The fourth-order valence-corrected chi connectivity index (χ4v) is 5.78. The Hall–Kier alpha value is -2.83. The summed E-state index contributed by atoms with van der Waals surface area (Å²) in [6, 6.07) is 12.9. The summed E-state index contributed by atoms with van der Waals surface area (Å²) in [5.74, 6) is -0.631. The van der Waals surface area contributed by atoms with Crippen LogP contribution in [0.4, 0.5) is 11.5 Å². The Kier molecular flexibility index (Phi) is 12.7. The smallest absolute Gasteiger partial charge is 0.336 e. The summed E-state index contributed by atoms with van der Waals surface area (Å²) in [6.45, 7) is 10.3. The summed E-state index contributed by atoms with van der Waals surface area (Å²) in [7, 11) is -3.85. The second-order valence-electron chi connectivity index (χ2n) is 10.5. The molecule has 226 valence electrons. The van der Waals surface area contributed by atoms with Crippen LogP contribution in [0.15, 0.2) is 53.4 Å². The van der Waals surface area contributed by atoms with Crippen molar-refractivity contribution in [2.45, 2.75) is 38.1 Å². The van der Waals surface area contributed by atoms with Gasteiger partial charge < -0.3 is 15.3 Å². The van der Waals surface area contributed by atoms with Crippen LogP contribution in [-0.2, 0) is 14.8 Å². The van der Waals surface area contributed by atoms with E-state index in [1.807, 2.05) is 25.7 Å². The second kappa shape index (κ2) is 14.4. The van der Waals surface area contributed by atoms with Crippen molar-refractivity contribution in [3.05, 3.63) is 59.7 Å². The predicted molar refractivity (Wildman–Crippen MR) is 169 cm³/mol.